The first-order chi connectivity index (χ1) is 7.60. The van der Waals surface area contributed by atoms with Gasteiger partial charge in [0.05, 0.1) is 13.2 Å². The number of methoxy groups -OCH3 is 1. The highest BCUT2D eigenvalue weighted by atomic mass is 16.5. The number of esters is 1. The number of nitriles is 1. The van der Waals surface area contributed by atoms with E-state index in [0.717, 1.165) is 6.42 Å². The molecule has 0 bridgehead atoms. The van der Waals surface area contributed by atoms with E-state index in [9.17, 15) is 9.59 Å². The number of nitrogens with zero attached hydrogens (tertiary/aromatic N) is 2. The Morgan fingerprint density at radius 2 is 2.06 bits per heavy atom. The molecule has 0 spiro atoms. The van der Waals surface area contributed by atoms with Crippen LogP contribution in [0.1, 0.15) is 26.7 Å². The van der Waals surface area contributed by atoms with Crippen LogP contribution in [0, 0.1) is 17.2 Å². The van der Waals surface area contributed by atoms with Crippen molar-refractivity contribution in [1.29, 1.82) is 5.26 Å². The first-order valence-corrected chi connectivity index (χ1v) is 5.35. The summed E-state index contributed by atoms with van der Waals surface area (Å²) in [5.41, 5.74) is 0. The molecule has 0 aromatic carbocycles. The van der Waals surface area contributed by atoms with Crippen molar-refractivity contribution < 1.29 is 14.3 Å². The summed E-state index contributed by atoms with van der Waals surface area (Å²) < 4.78 is 4.49. The van der Waals surface area contributed by atoms with Gasteiger partial charge in [0.25, 0.3) is 0 Å². The first-order valence-electron chi connectivity index (χ1n) is 5.35. The van der Waals surface area contributed by atoms with E-state index in [0.29, 0.717) is 13.0 Å². The van der Waals surface area contributed by atoms with Crippen LogP contribution in [0.4, 0.5) is 0 Å². The predicted octanol–water partition coefficient (Wildman–Crippen LogP) is 0.948. The third kappa shape index (κ3) is 4.30. The summed E-state index contributed by atoms with van der Waals surface area (Å²) in [5, 5.41) is 8.85. The van der Waals surface area contributed by atoms with Crippen LogP contribution in [0.3, 0.4) is 0 Å². The van der Waals surface area contributed by atoms with Gasteiger partial charge in [-0.05, 0) is 13.3 Å². The van der Waals surface area contributed by atoms with Gasteiger partial charge in [-0.25, -0.2) is 0 Å². The van der Waals surface area contributed by atoms with E-state index < -0.39 is 11.9 Å². The minimum atomic E-state index is -0.658. The number of likely N-dealkylation sites (N-methyl/N-ethyl adjacent to an activating group) is 1. The molecule has 1 unspecified atom stereocenters. The molecular weight excluding hydrogens is 208 g/mol. The van der Waals surface area contributed by atoms with Crippen LogP contribution in [0.25, 0.3) is 0 Å². The summed E-state index contributed by atoms with van der Waals surface area (Å²) in [6.45, 7) is 3.99. The third-order valence-corrected chi connectivity index (χ3v) is 2.27. The summed E-state index contributed by atoms with van der Waals surface area (Å²) >= 11 is 0. The van der Waals surface area contributed by atoms with E-state index in [1.165, 1.54) is 12.0 Å². The van der Waals surface area contributed by atoms with Crippen LogP contribution in [0.2, 0.25) is 0 Å². The van der Waals surface area contributed by atoms with Gasteiger partial charge in [-0.15, -0.1) is 0 Å². The molecule has 0 heterocycles. The molecule has 1 amide bonds. The Morgan fingerprint density at radius 1 is 1.44 bits per heavy atom. The quantitative estimate of drug-likeness (QED) is 0.632. The number of hydrogen-bond acceptors (Lipinski definition) is 4. The van der Waals surface area contributed by atoms with Gasteiger partial charge in [0, 0.05) is 6.54 Å². The fourth-order valence-electron chi connectivity index (χ4n) is 1.32. The number of hydrogen-bond donors (Lipinski definition) is 0. The fraction of sp³-hybridized carbons (Fsp3) is 0.727. The molecule has 0 aromatic rings. The summed E-state index contributed by atoms with van der Waals surface area (Å²) in [5.74, 6) is -1.42. The zero-order valence-electron chi connectivity index (χ0n) is 10.0. The lowest BCUT2D eigenvalue weighted by molar-refractivity contribution is -0.147. The highest BCUT2D eigenvalue weighted by Crippen LogP contribution is 2.09. The first kappa shape index (κ1) is 14.4. The summed E-state index contributed by atoms with van der Waals surface area (Å²) in [7, 11) is 1.27. The van der Waals surface area contributed by atoms with Gasteiger partial charge in [-0.2, -0.15) is 5.26 Å². The van der Waals surface area contributed by atoms with Gasteiger partial charge in [0.1, 0.15) is 12.5 Å². The molecule has 0 aliphatic rings. The van der Waals surface area contributed by atoms with Crippen LogP contribution in [-0.2, 0) is 14.3 Å². The molecule has 0 saturated carbocycles. The zero-order chi connectivity index (χ0) is 12.6. The summed E-state index contributed by atoms with van der Waals surface area (Å²) in [6, 6.07) is 1.97. The van der Waals surface area contributed by atoms with Crippen molar-refractivity contribution in [1.82, 2.24) is 4.90 Å². The Balaban J connectivity index is 4.51. The van der Waals surface area contributed by atoms with E-state index in [2.05, 4.69) is 4.74 Å². The Labute approximate surface area is 96.0 Å². The standard InChI is InChI=1S/C11H18N2O3/c1-4-6-9(7-12)11(15)13(5-2)8-10(14)16-3/h9H,4-6,8H2,1-3H3. The van der Waals surface area contributed by atoms with Gasteiger partial charge >= 0.3 is 5.97 Å². The molecule has 0 aliphatic carbocycles. The van der Waals surface area contributed by atoms with Crippen molar-refractivity contribution in [2.45, 2.75) is 26.7 Å². The van der Waals surface area contributed by atoms with Crippen molar-refractivity contribution >= 4 is 11.9 Å². The minimum absolute atomic E-state index is 0.0896. The molecule has 0 radical (unpaired) electrons. The Kier molecular flexibility index (Phi) is 6.93. The van der Waals surface area contributed by atoms with Crippen molar-refractivity contribution in [3.05, 3.63) is 0 Å². The van der Waals surface area contributed by atoms with Crippen molar-refractivity contribution in [2.75, 3.05) is 20.2 Å². The molecule has 5 nitrogen and oxygen atoms in total. The molecule has 0 saturated heterocycles. The fourth-order valence-corrected chi connectivity index (χ4v) is 1.32. The number of rotatable bonds is 6. The number of carbonyl (C=O) groups is 2. The highest BCUT2D eigenvalue weighted by molar-refractivity contribution is 5.85. The van der Waals surface area contributed by atoms with Gasteiger partial charge in [-0.3, -0.25) is 9.59 Å². The summed E-state index contributed by atoms with van der Waals surface area (Å²) in [4.78, 5) is 24.2. The maximum atomic E-state index is 11.8. The minimum Gasteiger partial charge on any atom is -0.468 e. The van der Waals surface area contributed by atoms with E-state index in [-0.39, 0.29) is 12.5 Å². The van der Waals surface area contributed by atoms with Gasteiger partial charge in [0.15, 0.2) is 0 Å². The van der Waals surface area contributed by atoms with Crippen LogP contribution in [0.5, 0.6) is 0 Å². The second-order valence-electron chi connectivity index (χ2n) is 3.40. The molecule has 0 fully saturated rings. The lowest BCUT2D eigenvalue weighted by Crippen LogP contribution is -2.39. The molecule has 90 valence electrons. The van der Waals surface area contributed by atoms with Crippen LogP contribution >= 0.6 is 0 Å². The summed E-state index contributed by atoms with van der Waals surface area (Å²) in [6.07, 6.45) is 1.28. The van der Waals surface area contributed by atoms with E-state index in [4.69, 9.17) is 5.26 Å². The second-order valence-corrected chi connectivity index (χ2v) is 3.40. The molecular formula is C11H18N2O3. The molecule has 16 heavy (non-hydrogen) atoms. The molecule has 0 N–H and O–H groups in total. The number of ether oxygens (including phenoxy) is 1. The van der Waals surface area contributed by atoms with E-state index >= 15 is 0 Å². The van der Waals surface area contributed by atoms with Gasteiger partial charge in [-0.1, -0.05) is 13.3 Å². The third-order valence-electron chi connectivity index (χ3n) is 2.27. The van der Waals surface area contributed by atoms with Crippen molar-refractivity contribution in [2.24, 2.45) is 5.92 Å². The predicted molar refractivity (Wildman–Crippen MR) is 58.3 cm³/mol. The van der Waals surface area contributed by atoms with Crippen molar-refractivity contribution in [3.8, 4) is 6.07 Å². The average molecular weight is 226 g/mol. The van der Waals surface area contributed by atoms with E-state index in [1.807, 2.05) is 13.0 Å². The Hall–Kier alpha value is -1.57. The normalized spacial score (nSPS) is 11.4. The van der Waals surface area contributed by atoms with E-state index in [1.54, 1.807) is 6.92 Å². The number of amides is 1. The number of carbonyl (C=O) groups excluding carboxylic acids is 2. The van der Waals surface area contributed by atoms with Gasteiger partial charge < -0.3 is 9.64 Å². The molecule has 5 heteroatoms. The monoisotopic (exact) mass is 226 g/mol. The highest BCUT2D eigenvalue weighted by Gasteiger charge is 2.24. The van der Waals surface area contributed by atoms with Crippen LogP contribution in [0.15, 0.2) is 0 Å². The maximum Gasteiger partial charge on any atom is 0.325 e. The largest absolute Gasteiger partial charge is 0.468 e. The van der Waals surface area contributed by atoms with Crippen LogP contribution < -0.4 is 0 Å². The van der Waals surface area contributed by atoms with Gasteiger partial charge in [0.2, 0.25) is 5.91 Å². The lowest BCUT2D eigenvalue weighted by atomic mass is 10.0. The molecule has 0 aromatic heterocycles. The second kappa shape index (κ2) is 7.69. The molecule has 1 atom stereocenters. The van der Waals surface area contributed by atoms with Crippen molar-refractivity contribution in [3.63, 3.8) is 0 Å². The maximum absolute atomic E-state index is 11.8. The lowest BCUT2D eigenvalue weighted by Gasteiger charge is -2.21. The Morgan fingerprint density at radius 3 is 2.44 bits per heavy atom. The smallest absolute Gasteiger partial charge is 0.325 e. The Bertz CT molecular complexity index is 283. The topological polar surface area (TPSA) is 70.4 Å². The molecule has 0 aliphatic heterocycles. The molecule has 0 rings (SSSR count). The van der Waals surface area contributed by atoms with Crippen LogP contribution in [-0.4, -0.2) is 37.0 Å². The SMILES string of the molecule is CCCC(C#N)C(=O)N(CC)CC(=O)OC. The average Bonchev–Trinajstić information content (AvgIpc) is 2.31. The zero-order valence-corrected chi connectivity index (χ0v) is 10.0.